The molecule has 0 aliphatic carbocycles. The Bertz CT molecular complexity index is 596. The van der Waals surface area contributed by atoms with E-state index in [1.165, 1.54) is 11.3 Å². The predicted molar refractivity (Wildman–Crippen MR) is 81.1 cm³/mol. The van der Waals surface area contributed by atoms with E-state index in [0.29, 0.717) is 12.5 Å². The third-order valence-electron chi connectivity index (χ3n) is 3.14. The Labute approximate surface area is 129 Å². The van der Waals surface area contributed by atoms with Crippen molar-refractivity contribution >= 4 is 33.2 Å². The molecule has 0 aromatic carbocycles. The third kappa shape index (κ3) is 3.02. The van der Waals surface area contributed by atoms with Crippen LogP contribution in [0.1, 0.15) is 9.67 Å². The van der Waals surface area contributed by atoms with Crippen LogP contribution in [0.5, 0.6) is 5.75 Å². The summed E-state index contributed by atoms with van der Waals surface area (Å²) in [6.07, 6.45) is 3.42. The predicted octanol–water partition coefficient (Wildman–Crippen LogP) is 3.06. The first-order chi connectivity index (χ1) is 9.72. The first-order valence-corrected chi connectivity index (χ1v) is 7.96. The van der Waals surface area contributed by atoms with E-state index in [2.05, 4.69) is 20.9 Å². The van der Waals surface area contributed by atoms with Crippen LogP contribution in [-0.4, -0.2) is 35.5 Å². The van der Waals surface area contributed by atoms with Crippen LogP contribution in [-0.2, 0) is 0 Å². The van der Waals surface area contributed by atoms with Crippen molar-refractivity contribution in [3.63, 3.8) is 0 Å². The molecule has 1 fully saturated rings. The normalized spacial score (nSPS) is 14.9. The van der Waals surface area contributed by atoms with Crippen molar-refractivity contribution < 1.29 is 9.53 Å². The van der Waals surface area contributed by atoms with Crippen molar-refractivity contribution in [3.8, 4) is 5.75 Å². The van der Waals surface area contributed by atoms with Gasteiger partial charge in [0.2, 0.25) is 0 Å². The number of halogens is 1. The molecule has 1 aliphatic heterocycles. The molecule has 0 N–H and O–H groups in total. The van der Waals surface area contributed by atoms with Crippen molar-refractivity contribution in [1.29, 1.82) is 0 Å². The highest BCUT2D eigenvalue weighted by atomic mass is 79.9. The zero-order valence-electron chi connectivity index (χ0n) is 10.7. The number of ether oxygens (including phenoxy) is 1. The molecule has 6 heteroatoms. The van der Waals surface area contributed by atoms with E-state index in [9.17, 15) is 4.79 Å². The SMILES string of the molecule is O=C(c1cc(Br)cs1)N1CC(COc2cccnc2)C1. The van der Waals surface area contributed by atoms with Crippen LogP contribution in [0.15, 0.2) is 40.4 Å². The fourth-order valence-corrected chi connectivity index (χ4v) is 3.46. The van der Waals surface area contributed by atoms with E-state index in [-0.39, 0.29) is 5.91 Å². The van der Waals surface area contributed by atoms with Gasteiger partial charge in [-0.3, -0.25) is 9.78 Å². The first kappa shape index (κ1) is 13.6. The molecule has 0 atom stereocenters. The van der Waals surface area contributed by atoms with Crippen molar-refractivity contribution in [2.24, 2.45) is 5.92 Å². The topological polar surface area (TPSA) is 42.4 Å². The van der Waals surface area contributed by atoms with Gasteiger partial charge in [0, 0.05) is 35.1 Å². The highest BCUT2D eigenvalue weighted by molar-refractivity contribution is 9.10. The van der Waals surface area contributed by atoms with Gasteiger partial charge >= 0.3 is 0 Å². The van der Waals surface area contributed by atoms with Crippen molar-refractivity contribution in [2.45, 2.75) is 0 Å². The summed E-state index contributed by atoms with van der Waals surface area (Å²) in [5, 5.41) is 1.93. The number of aromatic nitrogens is 1. The second-order valence-corrected chi connectivity index (χ2v) is 6.53. The first-order valence-electron chi connectivity index (χ1n) is 6.28. The molecule has 2 aromatic heterocycles. The quantitative estimate of drug-likeness (QED) is 0.849. The maximum absolute atomic E-state index is 12.1. The smallest absolute Gasteiger partial charge is 0.263 e. The summed E-state index contributed by atoms with van der Waals surface area (Å²) in [5.41, 5.74) is 0. The summed E-state index contributed by atoms with van der Waals surface area (Å²) in [4.78, 5) is 18.8. The van der Waals surface area contributed by atoms with E-state index in [1.54, 1.807) is 12.4 Å². The number of thiophene rings is 1. The minimum Gasteiger partial charge on any atom is -0.492 e. The summed E-state index contributed by atoms with van der Waals surface area (Å²) < 4.78 is 6.60. The third-order valence-corrected chi connectivity index (χ3v) is 4.82. The van der Waals surface area contributed by atoms with Crippen LogP contribution < -0.4 is 4.74 Å². The molecule has 4 nitrogen and oxygen atoms in total. The Morgan fingerprint density at radius 2 is 2.40 bits per heavy atom. The number of hydrogen-bond donors (Lipinski definition) is 0. The minimum atomic E-state index is 0.110. The highest BCUT2D eigenvalue weighted by Crippen LogP contribution is 2.25. The lowest BCUT2D eigenvalue weighted by atomic mass is 10.0. The fourth-order valence-electron chi connectivity index (χ4n) is 2.07. The zero-order valence-corrected chi connectivity index (χ0v) is 13.1. The van der Waals surface area contributed by atoms with Gasteiger partial charge < -0.3 is 9.64 Å². The number of carbonyl (C=O) groups excluding carboxylic acids is 1. The standard InChI is InChI=1S/C14H13BrN2O2S/c15-11-4-13(20-9-11)14(18)17-6-10(7-17)8-19-12-2-1-3-16-5-12/h1-5,9-10H,6-8H2. The highest BCUT2D eigenvalue weighted by Gasteiger charge is 2.32. The van der Waals surface area contributed by atoms with E-state index in [1.807, 2.05) is 28.5 Å². The van der Waals surface area contributed by atoms with Crippen LogP contribution in [0.2, 0.25) is 0 Å². The van der Waals surface area contributed by atoms with Crippen LogP contribution >= 0.6 is 27.3 Å². The number of amides is 1. The fraction of sp³-hybridized carbons (Fsp3) is 0.286. The van der Waals surface area contributed by atoms with Crippen LogP contribution in [0, 0.1) is 5.92 Å². The number of rotatable bonds is 4. The summed E-state index contributed by atoms with van der Waals surface area (Å²) in [7, 11) is 0. The molecule has 3 rings (SSSR count). The average Bonchev–Trinajstić information content (AvgIpc) is 2.84. The lowest BCUT2D eigenvalue weighted by Crippen LogP contribution is -2.51. The minimum absolute atomic E-state index is 0.110. The van der Waals surface area contributed by atoms with Crippen molar-refractivity contribution in [3.05, 3.63) is 45.3 Å². The second kappa shape index (κ2) is 5.93. The van der Waals surface area contributed by atoms with Gasteiger partial charge in [-0.15, -0.1) is 11.3 Å². The molecule has 20 heavy (non-hydrogen) atoms. The van der Waals surface area contributed by atoms with E-state index < -0.39 is 0 Å². The van der Waals surface area contributed by atoms with Gasteiger partial charge in [-0.2, -0.15) is 0 Å². The van der Waals surface area contributed by atoms with Crippen molar-refractivity contribution in [2.75, 3.05) is 19.7 Å². The molecular formula is C14H13BrN2O2S. The van der Waals surface area contributed by atoms with E-state index in [0.717, 1.165) is 28.2 Å². The molecule has 0 unspecified atom stereocenters. The number of likely N-dealkylation sites (tertiary alicyclic amines) is 1. The molecule has 0 spiro atoms. The maximum atomic E-state index is 12.1. The molecule has 0 bridgehead atoms. The molecule has 0 radical (unpaired) electrons. The Balaban J connectivity index is 1.46. The van der Waals surface area contributed by atoms with Gasteiger partial charge in [-0.25, -0.2) is 0 Å². The van der Waals surface area contributed by atoms with Gasteiger partial charge in [-0.1, -0.05) is 0 Å². The Kier molecular flexibility index (Phi) is 4.03. The van der Waals surface area contributed by atoms with Gasteiger partial charge in [-0.05, 0) is 34.1 Å². The Morgan fingerprint density at radius 1 is 1.55 bits per heavy atom. The van der Waals surface area contributed by atoms with Crippen LogP contribution in [0.25, 0.3) is 0 Å². The number of nitrogens with zero attached hydrogens (tertiary/aromatic N) is 2. The number of carbonyl (C=O) groups is 1. The number of pyridine rings is 1. The molecule has 1 saturated heterocycles. The van der Waals surface area contributed by atoms with Gasteiger partial charge in [0.1, 0.15) is 5.75 Å². The van der Waals surface area contributed by atoms with E-state index in [4.69, 9.17) is 4.74 Å². The lowest BCUT2D eigenvalue weighted by Gasteiger charge is -2.38. The summed E-state index contributed by atoms with van der Waals surface area (Å²) in [6.45, 7) is 2.15. The largest absolute Gasteiger partial charge is 0.492 e. The summed E-state index contributed by atoms with van der Waals surface area (Å²) in [5.74, 6) is 1.29. The maximum Gasteiger partial charge on any atom is 0.263 e. The molecule has 104 valence electrons. The Hall–Kier alpha value is -1.40. The molecule has 1 aliphatic rings. The molecule has 0 saturated carbocycles. The zero-order chi connectivity index (χ0) is 13.9. The molecule has 1 amide bonds. The van der Waals surface area contributed by atoms with Crippen LogP contribution in [0.3, 0.4) is 0 Å². The van der Waals surface area contributed by atoms with Crippen molar-refractivity contribution in [1.82, 2.24) is 9.88 Å². The van der Waals surface area contributed by atoms with Gasteiger partial charge in [0.15, 0.2) is 0 Å². The van der Waals surface area contributed by atoms with Gasteiger partial charge in [0.25, 0.3) is 5.91 Å². The molecular weight excluding hydrogens is 340 g/mol. The summed E-state index contributed by atoms with van der Waals surface area (Å²) >= 11 is 4.83. The second-order valence-electron chi connectivity index (χ2n) is 4.71. The lowest BCUT2D eigenvalue weighted by molar-refractivity contribution is 0.0397. The van der Waals surface area contributed by atoms with Crippen LogP contribution in [0.4, 0.5) is 0 Å². The molecule has 2 aromatic rings. The van der Waals surface area contributed by atoms with Gasteiger partial charge in [0.05, 0.1) is 17.7 Å². The van der Waals surface area contributed by atoms with E-state index >= 15 is 0 Å². The summed E-state index contributed by atoms with van der Waals surface area (Å²) in [6, 6.07) is 5.60. The number of hydrogen-bond acceptors (Lipinski definition) is 4. The Morgan fingerprint density at radius 3 is 3.05 bits per heavy atom. The molecule has 3 heterocycles. The monoisotopic (exact) mass is 352 g/mol. The average molecular weight is 353 g/mol.